The maximum atomic E-state index is 5.97. The summed E-state index contributed by atoms with van der Waals surface area (Å²) in [5, 5.41) is 0.221. The van der Waals surface area contributed by atoms with E-state index in [1.807, 2.05) is 19.9 Å². The molecule has 0 heterocycles. The van der Waals surface area contributed by atoms with E-state index < -0.39 is 8.32 Å². The molecule has 0 aliphatic heterocycles. The molecule has 0 spiro atoms. The number of allylic oxidation sites excluding steroid dienone is 1. The van der Waals surface area contributed by atoms with E-state index >= 15 is 0 Å². The maximum Gasteiger partial charge on any atom is 0.260 e. The van der Waals surface area contributed by atoms with E-state index in [4.69, 9.17) is 9.16 Å². The van der Waals surface area contributed by atoms with Crippen LogP contribution in [-0.2, 0) is 9.16 Å². The van der Waals surface area contributed by atoms with Crippen LogP contribution < -0.4 is 0 Å². The zero-order valence-corrected chi connectivity index (χ0v) is 11.6. The molecule has 0 rings (SSSR count). The molecular formula is C11H24O2Si. The minimum absolute atomic E-state index is 0.221. The highest BCUT2D eigenvalue weighted by Gasteiger charge is 2.39. The van der Waals surface area contributed by atoms with Crippen molar-refractivity contribution in [2.75, 3.05) is 6.61 Å². The van der Waals surface area contributed by atoms with Gasteiger partial charge in [0.2, 0.25) is 0 Å². The first-order valence-corrected chi connectivity index (χ1v) is 8.13. The summed E-state index contributed by atoms with van der Waals surface area (Å²) < 4.78 is 11.4. The molecule has 0 saturated carbocycles. The molecule has 0 atom stereocenters. The quantitative estimate of drug-likeness (QED) is 0.524. The van der Waals surface area contributed by atoms with Crippen LogP contribution in [0.25, 0.3) is 0 Å². The summed E-state index contributed by atoms with van der Waals surface area (Å²) in [4.78, 5) is 0. The van der Waals surface area contributed by atoms with Gasteiger partial charge >= 0.3 is 0 Å². The maximum absolute atomic E-state index is 5.97. The second-order valence-corrected chi connectivity index (χ2v) is 9.63. The molecule has 0 aromatic heterocycles. The van der Waals surface area contributed by atoms with Gasteiger partial charge in [-0.25, -0.2) is 0 Å². The van der Waals surface area contributed by atoms with Crippen LogP contribution in [0, 0.1) is 0 Å². The number of ether oxygens (including phenoxy) is 1. The van der Waals surface area contributed by atoms with Gasteiger partial charge in [0.1, 0.15) is 0 Å². The van der Waals surface area contributed by atoms with E-state index in [-0.39, 0.29) is 5.04 Å². The first kappa shape index (κ1) is 13.6. The topological polar surface area (TPSA) is 18.5 Å². The van der Waals surface area contributed by atoms with Crippen molar-refractivity contribution in [1.29, 1.82) is 0 Å². The minimum Gasteiger partial charge on any atom is -0.519 e. The Morgan fingerprint density at radius 1 is 1.29 bits per heavy atom. The van der Waals surface area contributed by atoms with E-state index in [9.17, 15) is 0 Å². The van der Waals surface area contributed by atoms with Gasteiger partial charge < -0.3 is 9.16 Å². The lowest BCUT2D eigenvalue weighted by Gasteiger charge is -2.36. The molecule has 0 aliphatic carbocycles. The Balaban J connectivity index is 4.49. The SMILES string of the molecule is CC=C(OCC)O[Si](C)(C)C(C)(C)C. The van der Waals surface area contributed by atoms with E-state index in [0.29, 0.717) is 12.6 Å². The molecule has 0 unspecified atom stereocenters. The predicted octanol–water partition coefficient (Wildman–Crippen LogP) is 3.91. The van der Waals surface area contributed by atoms with Crippen molar-refractivity contribution in [1.82, 2.24) is 0 Å². The molecule has 0 bridgehead atoms. The molecule has 0 saturated heterocycles. The van der Waals surface area contributed by atoms with Crippen molar-refractivity contribution in [3.63, 3.8) is 0 Å². The monoisotopic (exact) mass is 216 g/mol. The van der Waals surface area contributed by atoms with Gasteiger partial charge in [-0.15, -0.1) is 0 Å². The summed E-state index contributed by atoms with van der Waals surface area (Å²) in [7, 11) is -1.72. The van der Waals surface area contributed by atoms with Gasteiger partial charge in [-0.2, -0.15) is 0 Å². The summed E-state index contributed by atoms with van der Waals surface area (Å²) in [5.74, 6) is 0.680. The highest BCUT2D eigenvalue weighted by molar-refractivity contribution is 6.74. The molecule has 14 heavy (non-hydrogen) atoms. The summed E-state index contributed by atoms with van der Waals surface area (Å²) in [6.07, 6.45) is 1.89. The summed E-state index contributed by atoms with van der Waals surface area (Å²) in [6, 6.07) is 0. The van der Waals surface area contributed by atoms with E-state index in [0.717, 1.165) is 0 Å². The van der Waals surface area contributed by atoms with Crippen LogP contribution in [0.1, 0.15) is 34.6 Å². The highest BCUT2D eigenvalue weighted by atomic mass is 28.4. The van der Waals surface area contributed by atoms with Crippen molar-refractivity contribution in [3.8, 4) is 0 Å². The third kappa shape index (κ3) is 3.74. The van der Waals surface area contributed by atoms with Crippen LogP contribution >= 0.6 is 0 Å². The second-order valence-electron chi connectivity index (χ2n) is 4.90. The average molecular weight is 216 g/mol. The zero-order valence-electron chi connectivity index (χ0n) is 10.6. The molecule has 0 fully saturated rings. The highest BCUT2D eigenvalue weighted by Crippen LogP contribution is 2.37. The van der Waals surface area contributed by atoms with Crippen molar-refractivity contribution in [2.24, 2.45) is 0 Å². The number of hydrogen-bond donors (Lipinski definition) is 0. The van der Waals surface area contributed by atoms with Crippen LogP contribution in [0.15, 0.2) is 12.0 Å². The minimum atomic E-state index is -1.72. The lowest BCUT2D eigenvalue weighted by molar-refractivity contribution is 0.107. The van der Waals surface area contributed by atoms with Crippen LogP contribution in [0.3, 0.4) is 0 Å². The second kappa shape index (κ2) is 4.87. The standard InChI is InChI=1S/C11H24O2Si/c1-8-10(12-9-2)13-14(6,7)11(3,4)5/h8H,9H2,1-7H3. The third-order valence-electron chi connectivity index (χ3n) is 2.68. The fraction of sp³-hybridized carbons (Fsp3) is 0.818. The van der Waals surface area contributed by atoms with E-state index in [1.165, 1.54) is 0 Å². The Hall–Kier alpha value is -0.443. The molecule has 0 N–H and O–H groups in total. The van der Waals surface area contributed by atoms with Crippen LogP contribution in [0.4, 0.5) is 0 Å². The average Bonchev–Trinajstić information content (AvgIpc) is 2.01. The lowest BCUT2D eigenvalue weighted by Crippen LogP contribution is -2.40. The third-order valence-corrected chi connectivity index (χ3v) is 7.01. The molecule has 84 valence electrons. The summed E-state index contributed by atoms with van der Waals surface area (Å²) >= 11 is 0. The molecule has 0 aliphatic rings. The van der Waals surface area contributed by atoms with Crippen molar-refractivity contribution >= 4 is 8.32 Å². The van der Waals surface area contributed by atoms with E-state index in [1.54, 1.807) is 0 Å². The largest absolute Gasteiger partial charge is 0.519 e. The van der Waals surface area contributed by atoms with Crippen molar-refractivity contribution in [3.05, 3.63) is 12.0 Å². The Morgan fingerprint density at radius 2 is 1.79 bits per heavy atom. The number of rotatable bonds is 4. The van der Waals surface area contributed by atoms with Gasteiger partial charge in [0, 0.05) is 0 Å². The first-order chi connectivity index (χ1) is 6.24. The zero-order chi connectivity index (χ0) is 11.4. The molecule has 0 amide bonds. The Kier molecular flexibility index (Phi) is 4.72. The van der Waals surface area contributed by atoms with Gasteiger partial charge in [0.05, 0.1) is 6.61 Å². The van der Waals surface area contributed by atoms with Gasteiger partial charge in [0.25, 0.3) is 14.3 Å². The Morgan fingerprint density at radius 3 is 2.07 bits per heavy atom. The fourth-order valence-corrected chi connectivity index (χ4v) is 1.70. The van der Waals surface area contributed by atoms with Crippen molar-refractivity contribution in [2.45, 2.75) is 52.8 Å². The molecular weight excluding hydrogens is 192 g/mol. The normalized spacial score (nSPS) is 14.1. The summed E-state index contributed by atoms with van der Waals surface area (Å²) in [6.45, 7) is 15.7. The first-order valence-electron chi connectivity index (χ1n) is 5.22. The van der Waals surface area contributed by atoms with Crippen molar-refractivity contribution < 1.29 is 9.16 Å². The van der Waals surface area contributed by atoms with Gasteiger partial charge in [-0.1, -0.05) is 20.8 Å². The van der Waals surface area contributed by atoms with Crippen LogP contribution in [-0.4, -0.2) is 14.9 Å². The Bertz CT molecular complexity index is 202. The molecule has 3 heteroatoms. The van der Waals surface area contributed by atoms with Gasteiger partial charge in [-0.05, 0) is 38.1 Å². The van der Waals surface area contributed by atoms with Gasteiger partial charge in [0.15, 0.2) is 0 Å². The number of hydrogen-bond acceptors (Lipinski definition) is 2. The predicted molar refractivity (Wildman–Crippen MR) is 63.7 cm³/mol. The fourth-order valence-electron chi connectivity index (χ4n) is 0.719. The smallest absolute Gasteiger partial charge is 0.260 e. The lowest BCUT2D eigenvalue weighted by atomic mass is 10.2. The summed E-state index contributed by atoms with van der Waals surface area (Å²) in [5.41, 5.74) is 0. The molecule has 0 aromatic rings. The van der Waals surface area contributed by atoms with Crippen LogP contribution in [0.2, 0.25) is 18.1 Å². The molecule has 2 nitrogen and oxygen atoms in total. The molecule has 0 aromatic carbocycles. The van der Waals surface area contributed by atoms with Gasteiger partial charge in [-0.3, -0.25) is 0 Å². The Labute approximate surface area is 89.4 Å². The van der Waals surface area contributed by atoms with E-state index in [2.05, 4.69) is 33.9 Å². The molecule has 0 radical (unpaired) electrons. The van der Waals surface area contributed by atoms with Crippen LogP contribution in [0.5, 0.6) is 0 Å².